The Hall–Kier alpha value is -3.73. The number of alkyl halides is 3. The number of hydrogen-bond donors (Lipinski definition) is 1. The molecule has 3 heterocycles. The van der Waals surface area contributed by atoms with E-state index >= 15 is 0 Å². The molecular weight excluding hydrogens is 525 g/mol. The summed E-state index contributed by atoms with van der Waals surface area (Å²) in [5, 5.41) is 12.7. The van der Waals surface area contributed by atoms with Gasteiger partial charge in [0.2, 0.25) is 0 Å². The Kier molecular flexibility index (Phi) is 5.79. The quantitative estimate of drug-likeness (QED) is 0.319. The molecule has 35 heavy (non-hydrogen) atoms. The van der Waals surface area contributed by atoms with Crippen molar-refractivity contribution < 1.29 is 18.0 Å². The second-order valence-electron chi connectivity index (χ2n) is 7.85. The molecule has 7 nitrogen and oxygen atoms in total. The summed E-state index contributed by atoms with van der Waals surface area (Å²) in [5.74, 6) is -0.631. The number of rotatable bonds is 5. The molecule has 2 aromatic carbocycles. The predicted octanol–water partition coefficient (Wildman–Crippen LogP) is 5.48. The Morgan fingerprint density at radius 1 is 1.06 bits per heavy atom. The first kappa shape index (κ1) is 23.0. The lowest BCUT2D eigenvalue weighted by atomic mass is 10.0. The molecule has 5 aromatic rings. The summed E-state index contributed by atoms with van der Waals surface area (Å²) in [4.78, 5) is 17.1. The average Bonchev–Trinajstić information content (AvgIpc) is 3.44. The van der Waals surface area contributed by atoms with Gasteiger partial charge in [0.1, 0.15) is 0 Å². The topological polar surface area (TPSA) is 77.1 Å². The molecule has 0 spiro atoms. The van der Waals surface area contributed by atoms with Crippen LogP contribution in [-0.4, -0.2) is 30.3 Å². The van der Waals surface area contributed by atoms with E-state index in [1.807, 2.05) is 37.3 Å². The second kappa shape index (κ2) is 8.81. The minimum atomic E-state index is -4.70. The summed E-state index contributed by atoms with van der Waals surface area (Å²) in [7, 11) is 0. The third-order valence-corrected chi connectivity index (χ3v) is 6.19. The number of benzene rings is 2. The first-order valence-electron chi connectivity index (χ1n) is 10.7. The number of carbonyl (C=O) groups excluding carboxylic acids is 1. The second-order valence-corrected chi connectivity index (χ2v) is 8.70. The van der Waals surface area contributed by atoms with Crippen molar-refractivity contribution in [1.82, 2.24) is 29.7 Å². The van der Waals surface area contributed by atoms with Crippen LogP contribution in [0.5, 0.6) is 0 Å². The average molecular weight is 543 g/mol. The molecule has 0 atom stereocenters. The number of halogens is 4. The molecule has 0 bridgehead atoms. The van der Waals surface area contributed by atoms with Crippen LogP contribution in [0, 0.1) is 0 Å². The van der Waals surface area contributed by atoms with Crippen molar-refractivity contribution in [2.24, 2.45) is 0 Å². The molecule has 0 unspecified atom stereocenters. The smallest absolute Gasteiger partial charge is 0.345 e. The van der Waals surface area contributed by atoms with E-state index in [1.54, 1.807) is 23.0 Å². The lowest BCUT2D eigenvalue weighted by molar-refractivity contribution is -0.142. The van der Waals surface area contributed by atoms with Gasteiger partial charge in [0.25, 0.3) is 5.91 Å². The van der Waals surface area contributed by atoms with Crippen LogP contribution >= 0.6 is 15.9 Å². The molecule has 0 aliphatic rings. The molecular formula is C24H18BrF3N6O. The van der Waals surface area contributed by atoms with Crippen molar-refractivity contribution in [3.05, 3.63) is 82.3 Å². The van der Waals surface area contributed by atoms with E-state index in [0.717, 1.165) is 21.3 Å². The third-order valence-electron chi connectivity index (χ3n) is 5.52. The van der Waals surface area contributed by atoms with E-state index in [-0.39, 0.29) is 23.6 Å². The van der Waals surface area contributed by atoms with Crippen molar-refractivity contribution in [3.8, 4) is 11.3 Å². The Balaban J connectivity index is 1.51. The Bertz CT molecular complexity index is 1570. The summed E-state index contributed by atoms with van der Waals surface area (Å²) in [6.07, 6.45) is -2.93. The first-order chi connectivity index (χ1) is 16.7. The zero-order valence-corrected chi connectivity index (χ0v) is 19.9. The van der Waals surface area contributed by atoms with Gasteiger partial charge in [0.05, 0.1) is 22.4 Å². The van der Waals surface area contributed by atoms with Crippen LogP contribution in [-0.2, 0) is 19.3 Å². The van der Waals surface area contributed by atoms with Crippen molar-refractivity contribution in [1.29, 1.82) is 0 Å². The van der Waals surface area contributed by atoms with E-state index in [1.165, 1.54) is 6.07 Å². The van der Waals surface area contributed by atoms with E-state index < -0.39 is 17.8 Å². The van der Waals surface area contributed by atoms with Crippen LogP contribution in [0.15, 0.2) is 65.3 Å². The number of fused-ring (bicyclic) bond motifs is 2. The van der Waals surface area contributed by atoms with Gasteiger partial charge in [-0.3, -0.25) is 9.48 Å². The molecule has 3 aromatic heterocycles. The maximum Gasteiger partial charge on any atom is 0.433 e. The van der Waals surface area contributed by atoms with E-state index in [4.69, 9.17) is 0 Å². The molecule has 178 valence electrons. The number of carbonyl (C=O) groups is 1. The fourth-order valence-corrected chi connectivity index (χ4v) is 4.21. The molecule has 0 radical (unpaired) electrons. The van der Waals surface area contributed by atoms with Gasteiger partial charge in [-0.2, -0.15) is 23.4 Å². The van der Waals surface area contributed by atoms with Crippen LogP contribution < -0.4 is 5.32 Å². The van der Waals surface area contributed by atoms with Gasteiger partial charge < -0.3 is 5.32 Å². The van der Waals surface area contributed by atoms with Gasteiger partial charge in [0, 0.05) is 24.4 Å². The Morgan fingerprint density at radius 2 is 1.83 bits per heavy atom. The molecule has 0 fully saturated rings. The maximum atomic E-state index is 13.9. The van der Waals surface area contributed by atoms with Crippen LogP contribution in [0.1, 0.15) is 28.8 Å². The lowest BCUT2D eigenvalue weighted by Gasteiger charge is -2.11. The van der Waals surface area contributed by atoms with Crippen molar-refractivity contribution in [2.45, 2.75) is 26.2 Å². The highest BCUT2D eigenvalue weighted by Gasteiger charge is 2.35. The summed E-state index contributed by atoms with van der Waals surface area (Å²) in [6, 6.07) is 15.1. The van der Waals surface area contributed by atoms with Gasteiger partial charge in [-0.05, 0) is 45.8 Å². The molecule has 1 N–H and O–H groups in total. The zero-order valence-electron chi connectivity index (χ0n) is 18.3. The molecule has 0 aliphatic heterocycles. The third kappa shape index (κ3) is 4.51. The summed E-state index contributed by atoms with van der Waals surface area (Å²) < 4.78 is 44.8. The van der Waals surface area contributed by atoms with Crippen LogP contribution in [0.2, 0.25) is 0 Å². The fraction of sp³-hybridized carbons (Fsp3) is 0.167. The number of nitrogens with one attached hydrogen (secondary N) is 1. The number of aryl methyl sites for hydroxylation is 1. The molecule has 11 heteroatoms. The minimum Gasteiger partial charge on any atom is -0.345 e. The normalized spacial score (nSPS) is 11.9. The number of aromatic nitrogens is 5. The molecule has 0 saturated carbocycles. The highest BCUT2D eigenvalue weighted by molar-refractivity contribution is 9.10. The summed E-state index contributed by atoms with van der Waals surface area (Å²) >= 11 is 3.38. The predicted molar refractivity (Wildman–Crippen MR) is 128 cm³/mol. The first-order valence-corrected chi connectivity index (χ1v) is 11.5. The summed E-state index contributed by atoms with van der Waals surface area (Å²) in [5.41, 5.74) is -0.0168. The molecule has 1 amide bonds. The molecule has 0 aliphatic carbocycles. The molecule has 0 saturated heterocycles. The van der Waals surface area contributed by atoms with Crippen LogP contribution in [0.3, 0.4) is 0 Å². The van der Waals surface area contributed by atoms with Gasteiger partial charge >= 0.3 is 6.18 Å². The monoisotopic (exact) mass is 542 g/mol. The largest absolute Gasteiger partial charge is 0.433 e. The van der Waals surface area contributed by atoms with Crippen LogP contribution in [0.4, 0.5) is 13.2 Å². The van der Waals surface area contributed by atoms with Crippen molar-refractivity contribution in [3.63, 3.8) is 0 Å². The number of nitrogens with zero attached hydrogens (tertiary/aromatic N) is 5. The van der Waals surface area contributed by atoms with Crippen molar-refractivity contribution in [2.75, 3.05) is 0 Å². The maximum absolute atomic E-state index is 13.9. The minimum absolute atomic E-state index is 0.0791. The van der Waals surface area contributed by atoms with Gasteiger partial charge in [0.15, 0.2) is 17.0 Å². The van der Waals surface area contributed by atoms with Crippen molar-refractivity contribution >= 4 is 38.3 Å². The highest BCUT2D eigenvalue weighted by Crippen LogP contribution is 2.33. The lowest BCUT2D eigenvalue weighted by Crippen LogP contribution is -2.24. The Labute approximate surface area is 205 Å². The fourth-order valence-electron chi connectivity index (χ4n) is 3.76. The van der Waals surface area contributed by atoms with Crippen LogP contribution in [0.25, 0.3) is 27.7 Å². The summed E-state index contributed by atoms with van der Waals surface area (Å²) in [6.45, 7) is 2.67. The number of amides is 1. The Morgan fingerprint density at radius 3 is 2.54 bits per heavy atom. The van der Waals surface area contributed by atoms with Gasteiger partial charge in [-0.1, -0.05) is 36.4 Å². The van der Waals surface area contributed by atoms with E-state index in [0.29, 0.717) is 22.3 Å². The zero-order chi connectivity index (χ0) is 24.7. The SMILES string of the molecule is CCn1cc(Br)c(CNC(=O)c2cc3nc(-c4ccc5ccccc5c4)cc(C(F)(F)F)n3n2)n1. The molecule has 5 rings (SSSR count). The van der Waals surface area contributed by atoms with Gasteiger partial charge in [-0.15, -0.1) is 0 Å². The number of hydrogen-bond acceptors (Lipinski definition) is 4. The van der Waals surface area contributed by atoms with E-state index in [2.05, 4.69) is 36.4 Å². The van der Waals surface area contributed by atoms with E-state index in [9.17, 15) is 18.0 Å². The highest BCUT2D eigenvalue weighted by atomic mass is 79.9. The van der Waals surface area contributed by atoms with Gasteiger partial charge in [-0.25, -0.2) is 9.50 Å². The standard InChI is InChI=1S/C24H18BrF3N6O/c1-2-33-13-17(25)20(31-33)12-29-23(35)19-11-22-30-18(10-21(24(26,27)28)34(22)32-19)16-8-7-14-5-3-4-6-15(14)9-16/h3-11,13H,2,12H2,1H3,(H,29,35).